The second-order valence-electron chi connectivity index (χ2n) is 8.67. The van der Waals surface area contributed by atoms with Crippen LogP contribution < -0.4 is 10.6 Å². The highest BCUT2D eigenvalue weighted by molar-refractivity contribution is 7.21. The van der Waals surface area contributed by atoms with Crippen LogP contribution in [0.3, 0.4) is 0 Å². The number of nitrogens with one attached hydrogen (secondary N) is 2. The summed E-state index contributed by atoms with van der Waals surface area (Å²) in [6.45, 7) is 3.52. The fourth-order valence-electron chi connectivity index (χ4n) is 4.04. The van der Waals surface area contributed by atoms with Crippen LogP contribution in [0.15, 0.2) is 12.3 Å². The van der Waals surface area contributed by atoms with Crippen LogP contribution in [-0.2, 0) is 4.79 Å². The quantitative estimate of drug-likeness (QED) is 0.323. The van der Waals surface area contributed by atoms with Gasteiger partial charge in [0, 0.05) is 32.8 Å². The zero-order valence-electron chi connectivity index (χ0n) is 19.5. The summed E-state index contributed by atoms with van der Waals surface area (Å²) in [6, 6.07) is 1.37. The second-order valence-corrected chi connectivity index (χ2v) is 9.70. The van der Waals surface area contributed by atoms with Gasteiger partial charge in [0.15, 0.2) is 0 Å². The van der Waals surface area contributed by atoms with Crippen molar-refractivity contribution >= 4 is 39.2 Å². The minimum Gasteiger partial charge on any atom is -0.396 e. The molecule has 11 nitrogen and oxygen atoms in total. The third kappa shape index (κ3) is 4.67. The number of anilines is 2. The number of likely N-dealkylation sites (N-methyl/N-ethyl adjacent to an activating group) is 1. The number of carbonyl (C=O) groups excluding carboxylic acids is 1. The number of fused-ring (bicyclic) bond motifs is 1. The molecular weight excluding hydrogens is 458 g/mol. The Labute approximate surface area is 200 Å². The first kappa shape index (κ1) is 24.2. The molecule has 3 heterocycles. The van der Waals surface area contributed by atoms with E-state index in [9.17, 15) is 20.1 Å². The number of aliphatic hydroxyl groups is 3. The van der Waals surface area contributed by atoms with Crippen LogP contribution in [0.4, 0.5) is 11.8 Å². The third-order valence-corrected chi connectivity index (χ3v) is 7.09. The van der Waals surface area contributed by atoms with Crippen molar-refractivity contribution in [1.29, 1.82) is 0 Å². The van der Waals surface area contributed by atoms with E-state index in [1.165, 1.54) is 16.2 Å². The van der Waals surface area contributed by atoms with E-state index < -0.39 is 24.2 Å². The second kappa shape index (κ2) is 9.74. The van der Waals surface area contributed by atoms with Gasteiger partial charge >= 0.3 is 0 Å². The normalized spacial score (nSPS) is 22.2. The van der Waals surface area contributed by atoms with Crippen LogP contribution in [0.1, 0.15) is 17.8 Å². The summed E-state index contributed by atoms with van der Waals surface area (Å²) in [6.07, 6.45) is -0.0110. The van der Waals surface area contributed by atoms with Crippen molar-refractivity contribution in [2.75, 3.05) is 37.9 Å². The molecule has 1 aliphatic rings. The highest BCUT2D eigenvalue weighted by Crippen LogP contribution is 2.38. The Morgan fingerprint density at radius 2 is 1.94 bits per heavy atom. The Morgan fingerprint density at radius 3 is 2.59 bits per heavy atom. The van der Waals surface area contributed by atoms with E-state index in [0.717, 1.165) is 15.9 Å². The molecule has 1 saturated carbocycles. The predicted molar refractivity (Wildman–Crippen MR) is 130 cm³/mol. The average Bonchev–Trinajstić information content (AvgIpc) is 3.34. The summed E-state index contributed by atoms with van der Waals surface area (Å²) in [5.41, 5.74) is 2.91. The zero-order chi connectivity index (χ0) is 24.6. The molecule has 0 spiro atoms. The smallest absolute Gasteiger partial charge is 0.241 e. The number of hydrogen-bond donors (Lipinski definition) is 5. The number of nitrogens with zero attached hydrogens (tertiary/aromatic N) is 5. The van der Waals surface area contributed by atoms with Gasteiger partial charge in [-0.2, -0.15) is 4.98 Å². The van der Waals surface area contributed by atoms with Gasteiger partial charge in [-0.05, 0) is 26.3 Å². The Hall–Kier alpha value is -2.93. The molecule has 1 aliphatic carbocycles. The molecule has 34 heavy (non-hydrogen) atoms. The molecule has 1 amide bonds. The maximum absolute atomic E-state index is 12.0. The molecule has 12 heteroatoms. The average molecular weight is 488 g/mol. The highest BCUT2D eigenvalue weighted by atomic mass is 32.1. The molecule has 3 aromatic heterocycles. The maximum Gasteiger partial charge on any atom is 0.241 e. The number of aryl methyl sites for hydroxylation is 2. The number of amides is 1. The van der Waals surface area contributed by atoms with Crippen LogP contribution in [0.2, 0.25) is 0 Å². The predicted octanol–water partition coefficient (Wildman–Crippen LogP) is 0.780. The Bertz CT molecular complexity index is 1200. The van der Waals surface area contributed by atoms with E-state index in [-0.39, 0.29) is 25.0 Å². The van der Waals surface area contributed by atoms with Gasteiger partial charge < -0.3 is 30.9 Å². The molecule has 1 fully saturated rings. The maximum atomic E-state index is 12.0. The number of thiazole rings is 1. The van der Waals surface area contributed by atoms with Gasteiger partial charge in [-0.15, -0.1) is 11.3 Å². The number of pyridine rings is 1. The summed E-state index contributed by atoms with van der Waals surface area (Å²) in [5.74, 6) is 0.107. The lowest BCUT2D eigenvalue weighted by Gasteiger charge is -2.21. The molecule has 5 N–H and O–H groups in total. The van der Waals surface area contributed by atoms with Crippen molar-refractivity contribution in [2.24, 2.45) is 5.92 Å². The Morgan fingerprint density at radius 1 is 1.18 bits per heavy atom. The number of hydrogen-bond acceptors (Lipinski definition) is 11. The topological polar surface area (TPSA) is 157 Å². The summed E-state index contributed by atoms with van der Waals surface area (Å²) in [4.78, 5) is 31.7. The zero-order valence-corrected chi connectivity index (χ0v) is 20.3. The summed E-state index contributed by atoms with van der Waals surface area (Å²) in [7, 11) is 3.33. The first-order valence-electron chi connectivity index (χ1n) is 11.0. The van der Waals surface area contributed by atoms with E-state index in [0.29, 0.717) is 28.5 Å². The molecule has 0 aliphatic heterocycles. The van der Waals surface area contributed by atoms with Crippen molar-refractivity contribution in [1.82, 2.24) is 24.8 Å². The molecule has 0 unspecified atom stereocenters. The van der Waals surface area contributed by atoms with Gasteiger partial charge in [0.05, 0.1) is 40.3 Å². The van der Waals surface area contributed by atoms with Gasteiger partial charge in [-0.1, -0.05) is 0 Å². The van der Waals surface area contributed by atoms with Crippen molar-refractivity contribution in [3.8, 4) is 10.6 Å². The molecule has 0 bridgehead atoms. The van der Waals surface area contributed by atoms with Crippen LogP contribution in [0.5, 0.6) is 0 Å². The standard InChI is InChI=1S/C22H29N7O4S/c1-10-16(21-27-17-11(2)23-6-5-14(17)34-21)20(26-13-7-12(9-30)18(32)19(13)33)28-22(25-10)24-8-15(31)29(3)4/h5-6,12-13,18-19,30,32-33H,7-9H2,1-4H3,(H2,24,25,26,28)/t12-,13-,18-,19+/m1/s1. The number of carbonyl (C=O) groups is 1. The summed E-state index contributed by atoms with van der Waals surface area (Å²) < 4.78 is 0.975. The van der Waals surface area contributed by atoms with E-state index in [2.05, 4.69) is 25.6 Å². The van der Waals surface area contributed by atoms with Crippen molar-refractivity contribution in [3.63, 3.8) is 0 Å². The fourth-order valence-corrected chi connectivity index (χ4v) is 5.15. The van der Waals surface area contributed by atoms with Gasteiger partial charge in [0.2, 0.25) is 11.9 Å². The van der Waals surface area contributed by atoms with Crippen LogP contribution in [-0.4, -0.2) is 91.6 Å². The van der Waals surface area contributed by atoms with E-state index in [4.69, 9.17) is 4.98 Å². The first-order valence-corrected chi connectivity index (χ1v) is 11.8. The Kier molecular flexibility index (Phi) is 6.94. The molecule has 4 rings (SSSR count). The van der Waals surface area contributed by atoms with Gasteiger partial charge in [-0.25, -0.2) is 9.97 Å². The SMILES string of the molecule is Cc1nc(NCC(=O)N(C)C)nc(N[C@@H]2C[C@H](CO)[C@@H](O)[C@H]2O)c1-c1nc2c(C)nccc2s1. The van der Waals surface area contributed by atoms with Gasteiger partial charge in [0.1, 0.15) is 22.4 Å². The highest BCUT2D eigenvalue weighted by Gasteiger charge is 2.41. The molecule has 0 radical (unpaired) electrons. The van der Waals surface area contributed by atoms with E-state index in [1.54, 1.807) is 20.3 Å². The Balaban J connectivity index is 1.74. The van der Waals surface area contributed by atoms with Crippen LogP contribution in [0.25, 0.3) is 20.8 Å². The lowest BCUT2D eigenvalue weighted by atomic mass is 10.1. The van der Waals surface area contributed by atoms with Crippen LogP contribution in [0, 0.1) is 19.8 Å². The van der Waals surface area contributed by atoms with Gasteiger partial charge in [0.25, 0.3) is 0 Å². The van der Waals surface area contributed by atoms with Gasteiger partial charge in [-0.3, -0.25) is 9.78 Å². The molecule has 4 atom stereocenters. The first-order chi connectivity index (χ1) is 16.2. The van der Waals surface area contributed by atoms with Crippen molar-refractivity contribution in [2.45, 2.75) is 38.5 Å². The number of aliphatic hydroxyl groups excluding tert-OH is 3. The molecule has 3 aromatic rings. The van der Waals surface area contributed by atoms with Crippen molar-refractivity contribution < 1.29 is 20.1 Å². The van der Waals surface area contributed by atoms with E-state index >= 15 is 0 Å². The fraction of sp³-hybridized carbons (Fsp3) is 0.500. The largest absolute Gasteiger partial charge is 0.396 e. The minimum absolute atomic E-state index is 0.0224. The molecule has 0 saturated heterocycles. The lowest BCUT2D eigenvalue weighted by molar-refractivity contribution is -0.126. The molecule has 0 aromatic carbocycles. The number of rotatable bonds is 7. The summed E-state index contributed by atoms with van der Waals surface area (Å²) >= 11 is 1.48. The molecule has 182 valence electrons. The lowest BCUT2D eigenvalue weighted by Crippen LogP contribution is -2.36. The van der Waals surface area contributed by atoms with Crippen molar-refractivity contribution in [3.05, 3.63) is 23.7 Å². The monoisotopic (exact) mass is 487 g/mol. The van der Waals surface area contributed by atoms with E-state index in [1.807, 2.05) is 19.9 Å². The third-order valence-electron chi connectivity index (χ3n) is 6.05. The van der Waals surface area contributed by atoms with Crippen LogP contribution >= 0.6 is 11.3 Å². The number of aromatic nitrogens is 4. The minimum atomic E-state index is -1.08. The summed E-state index contributed by atoms with van der Waals surface area (Å²) in [5, 5.41) is 37.3. The molecular formula is C22H29N7O4S.